The van der Waals surface area contributed by atoms with Crippen LogP contribution >= 0.6 is 24.8 Å². The van der Waals surface area contributed by atoms with Gasteiger partial charge in [-0.3, -0.25) is 0 Å². The molecule has 0 unspecified atom stereocenters. The van der Waals surface area contributed by atoms with Crippen LogP contribution in [0.2, 0.25) is 0 Å². The molecule has 2 aliphatic rings. The maximum atomic E-state index is 5.49. The first kappa shape index (κ1) is 21.1. The van der Waals surface area contributed by atoms with Gasteiger partial charge in [0.05, 0.1) is 6.20 Å². The second-order valence-corrected chi connectivity index (χ2v) is 7.14. The zero-order valence-corrected chi connectivity index (χ0v) is 17.2. The van der Waals surface area contributed by atoms with E-state index in [0.29, 0.717) is 12.0 Å². The van der Waals surface area contributed by atoms with Crippen molar-refractivity contribution in [3.63, 3.8) is 0 Å². The molecule has 1 aliphatic heterocycles. The summed E-state index contributed by atoms with van der Waals surface area (Å²) >= 11 is 0. The van der Waals surface area contributed by atoms with Gasteiger partial charge in [0.1, 0.15) is 0 Å². The van der Waals surface area contributed by atoms with Gasteiger partial charge in [-0.2, -0.15) is 0 Å². The quantitative estimate of drug-likeness (QED) is 0.732. The first-order valence-electron chi connectivity index (χ1n) is 9.36. The number of halogens is 2. The number of hydrogen-bond acceptors (Lipinski definition) is 4. The predicted molar refractivity (Wildman–Crippen MR) is 112 cm³/mol. The Morgan fingerprint density at radius 2 is 1.92 bits per heavy atom. The van der Waals surface area contributed by atoms with E-state index in [1.54, 1.807) is 6.20 Å². The Labute approximate surface area is 168 Å². The molecule has 1 aromatic heterocycles. The van der Waals surface area contributed by atoms with Crippen molar-refractivity contribution in [2.75, 3.05) is 25.0 Å². The van der Waals surface area contributed by atoms with Crippen LogP contribution in [0.15, 0.2) is 28.9 Å². The average molecular weight is 398 g/mol. The summed E-state index contributed by atoms with van der Waals surface area (Å²) in [6.45, 7) is 8.05. The second-order valence-electron chi connectivity index (χ2n) is 7.14. The molecule has 1 N–H and O–H groups in total. The monoisotopic (exact) mass is 397 g/mol. The van der Waals surface area contributed by atoms with Gasteiger partial charge < -0.3 is 14.7 Å². The standard InChI is InChI=1S/C20H27N3O.2ClH/c1-3-9-23(10-4-2)15-11-14-13-21-18-6-5-16(17(12-15)20(14)18)19-7-8-22-24-19;;/h5-8,14-15,21H,3-4,9-13H2,1-2H3;2*1H/t14-,15-;;/m1../s1. The molecule has 0 spiro atoms. The lowest BCUT2D eigenvalue weighted by Gasteiger charge is -2.37. The van der Waals surface area contributed by atoms with Crippen molar-refractivity contribution in [3.8, 4) is 11.3 Å². The average Bonchev–Trinajstić information content (AvgIpc) is 3.26. The third-order valence-corrected chi connectivity index (χ3v) is 5.54. The second kappa shape index (κ2) is 9.12. The number of rotatable bonds is 6. The SMILES string of the molecule is CCCN(CCC)[C@H]1Cc2c(-c3ccno3)ccc3c2[C@@H](CN3)C1.Cl.Cl. The Hall–Kier alpha value is -1.23. The first-order chi connectivity index (χ1) is 11.8. The number of aromatic nitrogens is 1. The van der Waals surface area contributed by atoms with Crippen molar-refractivity contribution in [3.05, 3.63) is 35.5 Å². The summed E-state index contributed by atoms with van der Waals surface area (Å²) in [6, 6.07) is 7.04. The van der Waals surface area contributed by atoms with E-state index < -0.39 is 0 Å². The number of hydrogen-bond donors (Lipinski definition) is 1. The van der Waals surface area contributed by atoms with Crippen LogP contribution in [0, 0.1) is 0 Å². The number of benzene rings is 1. The van der Waals surface area contributed by atoms with E-state index in [1.165, 1.54) is 54.7 Å². The van der Waals surface area contributed by atoms with Crippen LogP contribution < -0.4 is 5.32 Å². The summed E-state index contributed by atoms with van der Waals surface area (Å²) in [4.78, 5) is 2.71. The van der Waals surface area contributed by atoms with Gasteiger partial charge in [-0.05, 0) is 62.0 Å². The summed E-state index contributed by atoms with van der Waals surface area (Å²) in [6.07, 6.45) is 6.58. The van der Waals surface area contributed by atoms with Gasteiger partial charge in [0.2, 0.25) is 0 Å². The fourth-order valence-electron chi connectivity index (χ4n) is 4.60. The minimum absolute atomic E-state index is 0. The van der Waals surface area contributed by atoms with E-state index in [2.05, 4.69) is 41.4 Å². The van der Waals surface area contributed by atoms with E-state index in [9.17, 15) is 0 Å². The third kappa shape index (κ3) is 3.73. The predicted octanol–water partition coefficient (Wildman–Crippen LogP) is 5.13. The molecule has 6 heteroatoms. The van der Waals surface area contributed by atoms with Crippen LogP contribution in [0.25, 0.3) is 11.3 Å². The molecule has 0 amide bonds. The van der Waals surface area contributed by atoms with E-state index in [1.807, 2.05) is 6.07 Å². The number of anilines is 1. The molecule has 1 aliphatic carbocycles. The topological polar surface area (TPSA) is 41.3 Å². The fourth-order valence-corrected chi connectivity index (χ4v) is 4.60. The number of nitrogens with zero attached hydrogens (tertiary/aromatic N) is 2. The molecular formula is C20H29Cl2N3O. The van der Waals surface area contributed by atoms with Crippen LogP contribution in [0.5, 0.6) is 0 Å². The van der Waals surface area contributed by atoms with Crippen molar-refractivity contribution in [1.29, 1.82) is 0 Å². The third-order valence-electron chi connectivity index (χ3n) is 5.54. The maximum Gasteiger partial charge on any atom is 0.167 e. The summed E-state index contributed by atoms with van der Waals surface area (Å²) in [5.74, 6) is 1.53. The zero-order chi connectivity index (χ0) is 16.5. The molecule has 2 heterocycles. The largest absolute Gasteiger partial charge is 0.384 e. The highest BCUT2D eigenvalue weighted by molar-refractivity contribution is 5.85. The van der Waals surface area contributed by atoms with Crippen molar-refractivity contribution in [2.45, 2.75) is 51.5 Å². The van der Waals surface area contributed by atoms with Crippen LogP contribution in [0.3, 0.4) is 0 Å². The highest BCUT2D eigenvalue weighted by Gasteiger charge is 2.36. The minimum Gasteiger partial charge on any atom is -0.384 e. The Morgan fingerprint density at radius 3 is 2.58 bits per heavy atom. The van der Waals surface area contributed by atoms with Gasteiger partial charge in [-0.25, -0.2) is 0 Å². The van der Waals surface area contributed by atoms with Crippen molar-refractivity contribution < 1.29 is 4.52 Å². The van der Waals surface area contributed by atoms with Crippen LogP contribution in [-0.4, -0.2) is 35.7 Å². The van der Waals surface area contributed by atoms with E-state index >= 15 is 0 Å². The molecule has 2 atom stereocenters. The van der Waals surface area contributed by atoms with E-state index in [4.69, 9.17) is 4.52 Å². The fraction of sp³-hybridized carbons (Fsp3) is 0.550. The summed E-state index contributed by atoms with van der Waals surface area (Å²) in [5.41, 5.74) is 5.58. The lowest BCUT2D eigenvalue weighted by Crippen LogP contribution is -2.41. The molecule has 4 rings (SSSR count). The molecular weight excluding hydrogens is 369 g/mol. The van der Waals surface area contributed by atoms with Gasteiger partial charge in [-0.1, -0.05) is 19.0 Å². The van der Waals surface area contributed by atoms with E-state index in [0.717, 1.165) is 18.7 Å². The minimum atomic E-state index is 0. The van der Waals surface area contributed by atoms with Gasteiger partial charge >= 0.3 is 0 Å². The molecule has 0 radical (unpaired) electrons. The normalized spacial score (nSPS) is 20.1. The summed E-state index contributed by atoms with van der Waals surface area (Å²) < 4.78 is 5.49. The van der Waals surface area contributed by atoms with Crippen molar-refractivity contribution in [1.82, 2.24) is 10.1 Å². The maximum absolute atomic E-state index is 5.49. The summed E-state index contributed by atoms with van der Waals surface area (Å²) in [7, 11) is 0. The molecule has 0 bridgehead atoms. The highest BCUT2D eigenvalue weighted by Crippen LogP contribution is 2.46. The molecule has 0 fully saturated rings. The first-order valence-corrected chi connectivity index (χ1v) is 9.36. The molecule has 1 aromatic carbocycles. The smallest absolute Gasteiger partial charge is 0.167 e. The Morgan fingerprint density at radius 1 is 1.15 bits per heavy atom. The lowest BCUT2D eigenvalue weighted by molar-refractivity contribution is 0.172. The molecule has 144 valence electrons. The Kier molecular flexibility index (Phi) is 7.39. The van der Waals surface area contributed by atoms with Crippen LogP contribution in [-0.2, 0) is 6.42 Å². The summed E-state index contributed by atoms with van der Waals surface area (Å²) in [5, 5.41) is 7.53. The molecule has 0 saturated carbocycles. The zero-order valence-electron chi connectivity index (χ0n) is 15.5. The molecule has 0 saturated heterocycles. The molecule has 26 heavy (non-hydrogen) atoms. The highest BCUT2D eigenvalue weighted by atomic mass is 35.5. The Bertz CT molecular complexity index is 699. The van der Waals surface area contributed by atoms with Crippen LogP contribution in [0.4, 0.5) is 5.69 Å². The molecule has 2 aromatic rings. The van der Waals surface area contributed by atoms with Crippen molar-refractivity contribution >= 4 is 30.5 Å². The Balaban J connectivity index is 0.00000121. The number of nitrogens with one attached hydrogen (secondary N) is 1. The molecule has 4 nitrogen and oxygen atoms in total. The lowest BCUT2D eigenvalue weighted by atomic mass is 9.78. The van der Waals surface area contributed by atoms with Gasteiger partial charge in [0, 0.05) is 35.8 Å². The van der Waals surface area contributed by atoms with Gasteiger partial charge in [-0.15, -0.1) is 24.8 Å². The van der Waals surface area contributed by atoms with Crippen molar-refractivity contribution in [2.24, 2.45) is 0 Å². The van der Waals surface area contributed by atoms with Gasteiger partial charge in [0.25, 0.3) is 0 Å². The van der Waals surface area contributed by atoms with Crippen LogP contribution in [0.1, 0.15) is 50.2 Å². The van der Waals surface area contributed by atoms with Gasteiger partial charge in [0.15, 0.2) is 5.76 Å². The van der Waals surface area contributed by atoms with E-state index in [-0.39, 0.29) is 24.8 Å².